The minimum atomic E-state index is -0.771. The van der Waals surface area contributed by atoms with Crippen molar-refractivity contribution in [1.29, 1.82) is 0 Å². The fraction of sp³-hybridized carbons (Fsp3) is 0.846. The lowest BCUT2D eigenvalue weighted by atomic mass is 9.93. The van der Waals surface area contributed by atoms with E-state index in [0.29, 0.717) is 13.2 Å². The zero-order chi connectivity index (χ0) is 13.1. The van der Waals surface area contributed by atoms with E-state index in [-0.39, 0.29) is 30.3 Å². The molecule has 3 unspecified atom stereocenters. The van der Waals surface area contributed by atoms with E-state index < -0.39 is 5.97 Å². The van der Waals surface area contributed by atoms with Crippen LogP contribution in [0.2, 0.25) is 0 Å². The highest BCUT2D eigenvalue weighted by molar-refractivity contribution is 5.79. The third-order valence-corrected chi connectivity index (χ3v) is 3.84. The summed E-state index contributed by atoms with van der Waals surface area (Å²) in [5, 5.41) is 8.81. The zero-order valence-corrected chi connectivity index (χ0v) is 10.8. The second-order valence-corrected chi connectivity index (χ2v) is 5.47. The minimum Gasteiger partial charge on any atom is -0.481 e. The van der Waals surface area contributed by atoms with Crippen LogP contribution in [0.4, 0.5) is 0 Å². The summed E-state index contributed by atoms with van der Waals surface area (Å²) in [4.78, 5) is 24.8. The van der Waals surface area contributed by atoms with Gasteiger partial charge >= 0.3 is 5.97 Å². The van der Waals surface area contributed by atoms with Crippen LogP contribution in [0.25, 0.3) is 0 Å². The number of carboxylic acids is 1. The molecule has 2 aliphatic rings. The Morgan fingerprint density at radius 2 is 2.22 bits per heavy atom. The van der Waals surface area contributed by atoms with Crippen molar-refractivity contribution in [2.45, 2.75) is 38.7 Å². The average molecular weight is 255 g/mol. The fourth-order valence-corrected chi connectivity index (χ4v) is 2.93. The van der Waals surface area contributed by atoms with Gasteiger partial charge in [-0.1, -0.05) is 0 Å². The number of carbonyl (C=O) groups is 2. The Hall–Kier alpha value is -1.10. The third kappa shape index (κ3) is 3.22. The lowest BCUT2D eigenvalue weighted by Gasteiger charge is -2.33. The van der Waals surface area contributed by atoms with Crippen molar-refractivity contribution in [2.75, 3.05) is 19.7 Å². The second kappa shape index (κ2) is 5.69. The van der Waals surface area contributed by atoms with Crippen molar-refractivity contribution < 1.29 is 19.4 Å². The monoisotopic (exact) mass is 255 g/mol. The number of ether oxygens (including phenoxy) is 1. The molecule has 0 aromatic heterocycles. The molecule has 2 aliphatic heterocycles. The number of rotatable bonds is 3. The molecule has 2 fully saturated rings. The number of hydrogen-bond donors (Lipinski definition) is 1. The molecule has 18 heavy (non-hydrogen) atoms. The van der Waals surface area contributed by atoms with E-state index in [0.717, 1.165) is 25.8 Å². The largest absolute Gasteiger partial charge is 0.481 e. The van der Waals surface area contributed by atoms with Crippen LogP contribution in [0.15, 0.2) is 0 Å². The summed E-state index contributed by atoms with van der Waals surface area (Å²) in [5.74, 6) is -0.537. The summed E-state index contributed by atoms with van der Waals surface area (Å²) in [6.07, 6.45) is 2.94. The molecule has 0 bridgehead atoms. The Kier molecular flexibility index (Phi) is 4.22. The van der Waals surface area contributed by atoms with Crippen molar-refractivity contribution in [3.63, 3.8) is 0 Å². The number of carbonyl (C=O) groups excluding carboxylic acids is 1. The molecule has 2 heterocycles. The van der Waals surface area contributed by atoms with Gasteiger partial charge in [-0.05, 0) is 32.1 Å². The third-order valence-electron chi connectivity index (χ3n) is 3.84. The maximum Gasteiger partial charge on any atom is 0.303 e. The van der Waals surface area contributed by atoms with Gasteiger partial charge in [-0.15, -0.1) is 0 Å². The fourth-order valence-electron chi connectivity index (χ4n) is 2.93. The maximum absolute atomic E-state index is 12.3. The average Bonchev–Trinajstić information content (AvgIpc) is 2.74. The highest BCUT2D eigenvalue weighted by atomic mass is 16.5. The Balaban J connectivity index is 1.88. The van der Waals surface area contributed by atoms with Crippen LogP contribution in [-0.2, 0) is 14.3 Å². The van der Waals surface area contributed by atoms with Crippen molar-refractivity contribution in [2.24, 2.45) is 11.8 Å². The molecule has 3 atom stereocenters. The Labute approximate surface area is 107 Å². The van der Waals surface area contributed by atoms with Crippen molar-refractivity contribution in [3.8, 4) is 0 Å². The van der Waals surface area contributed by atoms with Gasteiger partial charge in [-0.2, -0.15) is 0 Å². The van der Waals surface area contributed by atoms with E-state index >= 15 is 0 Å². The molecule has 2 rings (SSSR count). The van der Waals surface area contributed by atoms with Gasteiger partial charge < -0.3 is 14.7 Å². The first kappa shape index (κ1) is 13.3. The molecule has 0 saturated carbocycles. The molecule has 5 nitrogen and oxygen atoms in total. The number of piperidine rings is 1. The predicted molar refractivity (Wildman–Crippen MR) is 65.1 cm³/mol. The van der Waals surface area contributed by atoms with Gasteiger partial charge in [-0.25, -0.2) is 0 Å². The van der Waals surface area contributed by atoms with Crippen molar-refractivity contribution in [1.82, 2.24) is 4.90 Å². The minimum absolute atomic E-state index is 0.0245. The molecule has 1 amide bonds. The molecule has 1 N–H and O–H groups in total. The summed E-state index contributed by atoms with van der Waals surface area (Å²) in [5.41, 5.74) is 0. The standard InChI is InChI=1S/C13H21NO4/c1-9-5-11(8-18-9)13(17)14-4-2-3-10(7-14)6-12(15)16/h9-11H,2-8H2,1H3,(H,15,16). The molecule has 0 radical (unpaired) electrons. The molecular formula is C13H21NO4. The number of nitrogens with zero attached hydrogens (tertiary/aromatic N) is 1. The van der Waals surface area contributed by atoms with Gasteiger partial charge in [-0.3, -0.25) is 9.59 Å². The van der Waals surface area contributed by atoms with Gasteiger partial charge in [0.1, 0.15) is 0 Å². The molecule has 2 saturated heterocycles. The number of likely N-dealkylation sites (tertiary alicyclic amines) is 1. The van der Waals surface area contributed by atoms with Crippen LogP contribution in [0.3, 0.4) is 0 Å². The van der Waals surface area contributed by atoms with Crippen LogP contribution >= 0.6 is 0 Å². The van der Waals surface area contributed by atoms with E-state index in [4.69, 9.17) is 9.84 Å². The summed E-state index contributed by atoms with van der Waals surface area (Å²) in [6.45, 7) is 3.85. The van der Waals surface area contributed by atoms with Gasteiger partial charge in [0, 0.05) is 19.5 Å². The maximum atomic E-state index is 12.3. The van der Waals surface area contributed by atoms with Crippen LogP contribution < -0.4 is 0 Å². The first-order chi connectivity index (χ1) is 8.56. The van der Waals surface area contributed by atoms with Crippen LogP contribution in [0.5, 0.6) is 0 Å². The van der Waals surface area contributed by atoms with Gasteiger partial charge in [0.2, 0.25) is 5.91 Å². The highest BCUT2D eigenvalue weighted by Crippen LogP contribution is 2.25. The van der Waals surface area contributed by atoms with Crippen molar-refractivity contribution in [3.05, 3.63) is 0 Å². The summed E-state index contributed by atoms with van der Waals surface area (Å²) in [7, 11) is 0. The van der Waals surface area contributed by atoms with Crippen molar-refractivity contribution >= 4 is 11.9 Å². The Morgan fingerprint density at radius 1 is 1.44 bits per heavy atom. The predicted octanol–water partition coefficient (Wildman–Crippen LogP) is 1.12. The van der Waals surface area contributed by atoms with E-state index in [1.807, 2.05) is 11.8 Å². The SMILES string of the molecule is CC1CC(C(=O)N2CCCC(CC(=O)O)C2)CO1. The Bertz CT molecular complexity index is 331. The highest BCUT2D eigenvalue weighted by Gasteiger charge is 2.33. The molecule has 0 spiro atoms. The number of carboxylic acid groups (broad SMARTS) is 1. The normalized spacial score (nSPS) is 32.5. The van der Waals surface area contributed by atoms with E-state index in [1.165, 1.54) is 0 Å². The molecule has 0 aromatic carbocycles. The van der Waals surface area contributed by atoms with Gasteiger partial charge in [0.05, 0.1) is 18.6 Å². The van der Waals surface area contributed by atoms with Crippen LogP contribution in [-0.4, -0.2) is 47.7 Å². The second-order valence-electron chi connectivity index (χ2n) is 5.47. The van der Waals surface area contributed by atoms with Crippen LogP contribution in [0, 0.1) is 11.8 Å². The number of aliphatic carboxylic acids is 1. The summed E-state index contributed by atoms with van der Waals surface area (Å²) < 4.78 is 5.43. The molecule has 0 aliphatic carbocycles. The molecule has 102 valence electrons. The number of hydrogen-bond acceptors (Lipinski definition) is 3. The van der Waals surface area contributed by atoms with Gasteiger partial charge in [0.15, 0.2) is 0 Å². The van der Waals surface area contributed by atoms with E-state index in [2.05, 4.69) is 0 Å². The summed E-state index contributed by atoms with van der Waals surface area (Å²) >= 11 is 0. The Morgan fingerprint density at radius 3 is 2.83 bits per heavy atom. The first-order valence-electron chi connectivity index (χ1n) is 6.68. The quantitative estimate of drug-likeness (QED) is 0.820. The smallest absolute Gasteiger partial charge is 0.303 e. The van der Waals surface area contributed by atoms with Crippen LogP contribution in [0.1, 0.15) is 32.6 Å². The van der Waals surface area contributed by atoms with E-state index in [9.17, 15) is 9.59 Å². The first-order valence-corrected chi connectivity index (χ1v) is 6.68. The molecule has 0 aromatic rings. The summed E-state index contributed by atoms with van der Waals surface area (Å²) in [6, 6.07) is 0. The molecular weight excluding hydrogens is 234 g/mol. The topological polar surface area (TPSA) is 66.8 Å². The van der Waals surface area contributed by atoms with E-state index in [1.54, 1.807) is 0 Å². The van der Waals surface area contributed by atoms with Gasteiger partial charge in [0.25, 0.3) is 0 Å². The lowest BCUT2D eigenvalue weighted by Crippen LogP contribution is -2.43. The lowest BCUT2D eigenvalue weighted by molar-refractivity contribution is -0.142. The zero-order valence-electron chi connectivity index (χ0n) is 10.8. The molecule has 5 heteroatoms. The number of amides is 1.